The van der Waals surface area contributed by atoms with Crippen LogP contribution in [0.2, 0.25) is 0 Å². The van der Waals surface area contributed by atoms with Crippen LogP contribution >= 0.6 is 0 Å². The molecule has 5 N–H and O–H groups in total. The Balaban J connectivity index is 1.68. The first-order valence-corrected chi connectivity index (χ1v) is 10.8. The molecule has 7 heteroatoms. The van der Waals surface area contributed by atoms with Crippen molar-refractivity contribution < 1.29 is 4.79 Å². The van der Waals surface area contributed by atoms with Crippen molar-refractivity contribution in [1.82, 2.24) is 9.97 Å². The van der Waals surface area contributed by atoms with Crippen LogP contribution in [0.4, 0.5) is 11.4 Å². The van der Waals surface area contributed by atoms with Gasteiger partial charge in [0, 0.05) is 54.2 Å². The Bertz CT molecular complexity index is 1370. The number of fused-ring (bicyclic) bond motifs is 3. The predicted octanol–water partition coefficient (Wildman–Crippen LogP) is 4.37. The van der Waals surface area contributed by atoms with Gasteiger partial charge in [0.25, 0.3) is 5.91 Å². The van der Waals surface area contributed by atoms with Crippen molar-refractivity contribution in [1.29, 1.82) is 5.41 Å². The average Bonchev–Trinajstić information content (AvgIpc) is 3.40. The number of hydrogen-bond acceptors (Lipinski definition) is 5. The molecule has 0 bridgehead atoms. The minimum Gasteiger partial charge on any atom is -0.388 e. The summed E-state index contributed by atoms with van der Waals surface area (Å²) in [5, 5.41) is 11.7. The van der Waals surface area contributed by atoms with Gasteiger partial charge in [-0.1, -0.05) is 13.0 Å². The topological polar surface area (TPSA) is 111 Å². The van der Waals surface area contributed by atoms with Gasteiger partial charge in [-0.2, -0.15) is 0 Å². The second kappa shape index (κ2) is 7.67. The third kappa shape index (κ3) is 3.26. The number of carbonyl (C=O) groups is 1. The summed E-state index contributed by atoms with van der Waals surface area (Å²) in [5.74, 6) is 0.192. The van der Waals surface area contributed by atoms with Gasteiger partial charge in [0.15, 0.2) is 0 Å². The molecule has 1 atom stereocenters. The summed E-state index contributed by atoms with van der Waals surface area (Å²) in [5.41, 5.74) is 12.7. The number of carbonyl (C=O) groups excluding carboxylic acids is 1. The molecule has 5 rings (SSSR count). The second-order valence-corrected chi connectivity index (χ2v) is 8.53. The van der Waals surface area contributed by atoms with Gasteiger partial charge in [-0.15, -0.1) is 0 Å². The quantitative estimate of drug-likeness (QED) is 0.355. The van der Waals surface area contributed by atoms with Crippen molar-refractivity contribution in [3.63, 3.8) is 0 Å². The van der Waals surface area contributed by atoms with E-state index in [1.807, 2.05) is 25.2 Å². The molecule has 32 heavy (non-hydrogen) atoms. The van der Waals surface area contributed by atoms with Gasteiger partial charge >= 0.3 is 0 Å². The molecule has 4 aromatic rings. The van der Waals surface area contributed by atoms with Crippen molar-refractivity contribution in [2.75, 3.05) is 30.4 Å². The molecule has 1 saturated heterocycles. The first kappa shape index (κ1) is 20.1. The number of rotatable bonds is 5. The van der Waals surface area contributed by atoms with Gasteiger partial charge in [0.2, 0.25) is 0 Å². The van der Waals surface area contributed by atoms with Gasteiger partial charge in [-0.3, -0.25) is 4.79 Å². The lowest BCUT2D eigenvalue weighted by Crippen LogP contribution is -2.18. The number of primary amides is 1. The molecular weight excluding hydrogens is 400 g/mol. The largest absolute Gasteiger partial charge is 0.388 e. The standard InChI is InChI=1S/C25H26N6O/c1-14-7-8-31(13-14)17-4-5-18-22(10-17)30-24-19(25(27)32)11-21(29-23(18)24)15-3-6-20(28-2)16(9-15)12-26/h3-6,9-12,14,26,28,30H,7-8,13H2,1-2H3,(H2,27,32)/t14-/m1/s1. The van der Waals surface area contributed by atoms with Gasteiger partial charge < -0.3 is 26.3 Å². The van der Waals surface area contributed by atoms with Crippen LogP contribution in [-0.4, -0.2) is 42.2 Å². The summed E-state index contributed by atoms with van der Waals surface area (Å²) in [6.45, 7) is 4.39. The number of amides is 1. The average molecular weight is 427 g/mol. The molecule has 0 aliphatic carbocycles. The maximum Gasteiger partial charge on any atom is 0.250 e. The molecule has 1 fully saturated rings. The molecule has 0 radical (unpaired) electrons. The van der Waals surface area contributed by atoms with E-state index in [9.17, 15) is 4.79 Å². The highest BCUT2D eigenvalue weighted by Gasteiger charge is 2.21. The summed E-state index contributed by atoms with van der Waals surface area (Å²) < 4.78 is 0. The number of pyridine rings is 1. The van der Waals surface area contributed by atoms with Crippen molar-refractivity contribution >= 4 is 45.4 Å². The van der Waals surface area contributed by atoms with E-state index in [0.29, 0.717) is 22.7 Å². The molecule has 0 unspecified atom stereocenters. The van der Waals surface area contributed by atoms with E-state index >= 15 is 0 Å². The summed E-state index contributed by atoms with van der Waals surface area (Å²) in [4.78, 5) is 23.0. The molecule has 2 aromatic carbocycles. The number of hydrogen-bond donors (Lipinski definition) is 4. The number of nitrogens with zero attached hydrogens (tertiary/aromatic N) is 2. The third-order valence-corrected chi connectivity index (χ3v) is 6.36. The molecule has 2 aromatic heterocycles. The van der Waals surface area contributed by atoms with Crippen molar-refractivity contribution in [3.05, 3.63) is 53.6 Å². The summed E-state index contributed by atoms with van der Waals surface area (Å²) in [6.07, 6.45) is 2.50. The lowest BCUT2D eigenvalue weighted by atomic mass is 10.0. The van der Waals surface area contributed by atoms with E-state index in [1.165, 1.54) is 18.3 Å². The molecule has 1 amide bonds. The SMILES string of the molecule is CNc1ccc(-c2cc(C(N)=O)c3[nH]c4cc(N5CC[C@@H](C)C5)ccc4c3n2)cc1C=N. The summed E-state index contributed by atoms with van der Waals surface area (Å²) in [7, 11) is 1.82. The fraction of sp³-hybridized carbons (Fsp3) is 0.240. The van der Waals surface area contributed by atoms with Crippen LogP contribution in [0.3, 0.4) is 0 Å². The summed E-state index contributed by atoms with van der Waals surface area (Å²) >= 11 is 0. The third-order valence-electron chi connectivity index (χ3n) is 6.36. The van der Waals surface area contributed by atoms with E-state index in [-0.39, 0.29) is 0 Å². The predicted molar refractivity (Wildman–Crippen MR) is 131 cm³/mol. The molecule has 162 valence electrons. The first-order chi connectivity index (χ1) is 15.5. The van der Waals surface area contributed by atoms with Gasteiger partial charge in [-0.05, 0) is 48.7 Å². The number of anilines is 2. The number of aromatic amines is 1. The van der Waals surface area contributed by atoms with Crippen LogP contribution in [0.15, 0.2) is 42.5 Å². The molecule has 1 aliphatic heterocycles. The van der Waals surface area contributed by atoms with Crippen LogP contribution < -0.4 is 16.0 Å². The Morgan fingerprint density at radius 3 is 2.81 bits per heavy atom. The highest BCUT2D eigenvalue weighted by Crippen LogP contribution is 2.34. The van der Waals surface area contributed by atoms with E-state index in [0.717, 1.165) is 46.3 Å². The van der Waals surface area contributed by atoms with E-state index in [4.69, 9.17) is 16.1 Å². The molecule has 0 saturated carbocycles. The maximum absolute atomic E-state index is 12.3. The van der Waals surface area contributed by atoms with Crippen molar-refractivity contribution in [2.45, 2.75) is 13.3 Å². The Hall–Kier alpha value is -3.87. The van der Waals surface area contributed by atoms with Crippen LogP contribution in [0.25, 0.3) is 33.2 Å². The zero-order valence-corrected chi connectivity index (χ0v) is 18.2. The number of benzene rings is 2. The van der Waals surface area contributed by atoms with Crippen LogP contribution in [0.5, 0.6) is 0 Å². The van der Waals surface area contributed by atoms with Crippen molar-refractivity contribution in [3.8, 4) is 11.3 Å². The maximum atomic E-state index is 12.3. The molecule has 7 nitrogen and oxygen atoms in total. The zero-order valence-electron chi connectivity index (χ0n) is 18.2. The first-order valence-electron chi connectivity index (χ1n) is 10.8. The van der Waals surface area contributed by atoms with E-state index in [2.05, 4.69) is 40.3 Å². The fourth-order valence-corrected chi connectivity index (χ4v) is 4.62. The molecular formula is C25H26N6O. The van der Waals surface area contributed by atoms with Gasteiger partial charge in [0.1, 0.15) is 0 Å². The molecule has 3 heterocycles. The van der Waals surface area contributed by atoms with Crippen molar-refractivity contribution in [2.24, 2.45) is 11.7 Å². The van der Waals surface area contributed by atoms with Crippen LogP contribution in [-0.2, 0) is 0 Å². The monoisotopic (exact) mass is 426 g/mol. The number of aromatic nitrogens is 2. The Morgan fingerprint density at radius 1 is 1.28 bits per heavy atom. The normalized spacial score (nSPS) is 16.1. The molecule has 0 spiro atoms. The minimum absolute atomic E-state index is 0.409. The lowest BCUT2D eigenvalue weighted by Gasteiger charge is -2.18. The Morgan fingerprint density at radius 2 is 2.12 bits per heavy atom. The molecule has 1 aliphatic rings. The Labute approximate surface area is 186 Å². The number of H-pyrrole nitrogens is 1. The number of nitrogens with two attached hydrogens (primary N) is 1. The highest BCUT2D eigenvalue weighted by molar-refractivity contribution is 6.14. The smallest absolute Gasteiger partial charge is 0.250 e. The number of nitrogens with one attached hydrogen (secondary N) is 3. The van der Waals surface area contributed by atoms with E-state index < -0.39 is 5.91 Å². The minimum atomic E-state index is -0.502. The van der Waals surface area contributed by atoms with Gasteiger partial charge in [0.05, 0.1) is 27.8 Å². The Kier molecular flexibility index (Phi) is 4.81. The lowest BCUT2D eigenvalue weighted by molar-refractivity contribution is 0.100. The highest BCUT2D eigenvalue weighted by atomic mass is 16.1. The second-order valence-electron chi connectivity index (χ2n) is 8.53. The van der Waals surface area contributed by atoms with E-state index in [1.54, 1.807) is 6.07 Å². The summed E-state index contributed by atoms with van der Waals surface area (Å²) in [6, 6.07) is 13.8. The van der Waals surface area contributed by atoms with Crippen LogP contribution in [0, 0.1) is 11.3 Å². The van der Waals surface area contributed by atoms with Crippen LogP contribution in [0.1, 0.15) is 29.3 Å². The zero-order chi connectivity index (χ0) is 22.4. The fourth-order valence-electron chi connectivity index (χ4n) is 4.62. The van der Waals surface area contributed by atoms with Gasteiger partial charge in [-0.25, -0.2) is 4.98 Å².